The number of benzene rings is 1. The highest BCUT2D eigenvalue weighted by atomic mass is 32.1. The van der Waals surface area contributed by atoms with Crippen LogP contribution in [0.25, 0.3) is 0 Å². The topological polar surface area (TPSA) is 88.5 Å². The fourth-order valence-corrected chi connectivity index (χ4v) is 2.24. The minimum atomic E-state index is -1.15. The number of carbonyl (C=O) groups excluding carboxylic acids is 1. The number of aromatic carboxylic acids is 1. The third-order valence-corrected chi connectivity index (χ3v) is 3.24. The van der Waals surface area contributed by atoms with Gasteiger partial charge in [-0.15, -0.1) is 11.3 Å². The molecular formula is C14H14N2O4S. The zero-order chi connectivity index (χ0) is 15.4. The summed E-state index contributed by atoms with van der Waals surface area (Å²) in [5, 5.41) is 12.9. The summed E-state index contributed by atoms with van der Waals surface area (Å²) in [5.74, 6) is -0.879. The second-order valence-electron chi connectivity index (χ2n) is 4.49. The summed E-state index contributed by atoms with van der Waals surface area (Å²) in [4.78, 5) is 26.4. The molecule has 110 valence electrons. The number of ether oxygens (including phenoxy) is 1. The van der Waals surface area contributed by atoms with E-state index in [1.807, 2.05) is 13.8 Å². The van der Waals surface area contributed by atoms with Crippen LogP contribution in [-0.2, 0) is 0 Å². The summed E-state index contributed by atoms with van der Waals surface area (Å²) < 4.78 is 5.50. The standard InChI is InChI=1S/C14H14N2O4S/c1-8(2)20-10-5-3-9(4-6-10)15-12(17)13-16-11(7-21-13)14(18)19/h3-8H,1-2H3,(H,15,17)(H,18,19). The Morgan fingerprint density at radius 1 is 1.29 bits per heavy atom. The first-order valence-corrected chi connectivity index (χ1v) is 7.10. The molecule has 0 saturated carbocycles. The number of rotatable bonds is 5. The van der Waals surface area contributed by atoms with Crippen LogP contribution >= 0.6 is 11.3 Å². The van der Waals surface area contributed by atoms with Crippen molar-refractivity contribution in [3.05, 3.63) is 40.3 Å². The van der Waals surface area contributed by atoms with Crippen molar-refractivity contribution in [2.45, 2.75) is 20.0 Å². The van der Waals surface area contributed by atoms with Gasteiger partial charge in [0.25, 0.3) is 5.91 Å². The minimum absolute atomic E-state index is 0.0789. The van der Waals surface area contributed by atoms with Gasteiger partial charge in [-0.3, -0.25) is 4.79 Å². The van der Waals surface area contributed by atoms with Crippen LogP contribution in [0.5, 0.6) is 5.75 Å². The summed E-state index contributed by atoms with van der Waals surface area (Å²) in [7, 11) is 0. The molecule has 0 radical (unpaired) electrons. The monoisotopic (exact) mass is 306 g/mol. The van der Waals surface area contributed by atoms with Crippen LogP contribution in [0.3, 0.4) is 0 Å². The van der Waals surface area contributed by atoms with Crippen LogP contribution in [0.15, 0.2) is 29.6 Å². The van der Waals surface area contributed by atoms with E-state index in [2.05, 4.69) is 10.3 Å². The number of hydrogen-bond donors (Lipinski definition) is 2. The van der Waals surface area contributed by atoms with Gasteiger partial charge in [0.05, 0.1) is 6.10 Å². The predicted molar refractivity (Wildman–Crippen MR) is 79.2 cm³/mol. The number of carboxylic acids is 1. The lowest BCUT2D eigenvalue weighted by Gasteiger charge is -2.10. The van der Waals surface area contributed by atoms with Gasteiger partial charge in [-0.1, -0.05) is 0 Å². The number of thiazole rings is 1. The Kier molecular flexibility index (Phi) is 4.54. The number of nitrogens with one attached hydrogen (secondary N) is 1. The van der Waals surface area contributed by atoms with Gasteiger partial charge in [-0.2, -0.15) is 0 Å². The number of carboxylic acid groups (broad SMARTS) is 1. The largest absolute Gasteiger partial charge is 0.491 e. The van der Waals surface area contributed by atoms with E-state index < -0.39 is 11.9 Å². The second kappa shape index (κ2) is 6.36. The van der Waals surface area contributed by atoms with Crippen molar-refractivity contribution in [2.24, 2.45) is 0 Å². The number of carbonyl (C=O) groups is 2. The van der Waals surface area contributed by atoms with E-state index in [1.54, 1.807) is 24.3 Å². The highest BCUT2D eigenvalue weighted by Crippen LogP contribution is 2.18. The maximum absolute atomic E-state index is 11.9. The van der Waals surface area contributed by atoms with E-state index in [9.17, 15) is 9.59 Å². The molecule has 2 aromatic rings. The Hall–Kier alpha value is -2.41. The van der Waals surface area contributed by atoms with E-state index in [1.165, 1.54) is 5.38 Å². The molecule has 0 aliphatic rings. The lowest BCUT2D eigenvalue weighted by Crippen LogP contribution is -2.12. The lowest BCUT2D eigenvalue weighted by atomic mass is 10.3. The number of hydrogen-bond acceptors (Lipinski definition) is 5. The molecule has 1 amide bonds. The first kappa shape index (κ1) is 15.0. The van der Waals surface area contributed by atoms with Crippen molar-refractivity contribution >= 4 is 28.9 Å². The molecule has 0 bridgehead atoms. The van der Waals surface area contributed by atoms with Gasteiger partial charge in [0.1, 0.15) is 5.75 Å². The Labute approximate surface area is 125 Å². The van der Waals surface area contributed by atoms with Crippen molar-refractivity contribution in [1.29, 1.82) is 0 Å². The Balaban J connectivity index is 2.03. The van der Waals surface area contributed by atoms with Crippen LogP contribution in [0.2, 0.25) is 0 Å². The third kappa shape index (κ3) is 4.03. The van der Waals surface area contributed by atoms with Crippen molar-refractivity contribution in [3.8, 4) is 5.75 Å². The Bertz CT molecular complexity index is 649. The third-order valence-electron chi connectivity index (χ3n) is 2.40. The van der Waals surface area contributed by atoms with Gasteiger partial charge in [-0.05, 0) is 38.1 Å². The fraction of sp³-hybridized carbons (Fsp3) is 0.214. The average molecular weight is 306 g/mol. The summed E-state index contributed by atoms with van der Waals surface area (Å²) in [6.45, 7) is 3.86. The maximum Gasteiger partial charge on any atom is 0.355 e. The van der Waals surface area contributed by atoms with Gasteiger partial charge in [0.15, 0.2) is 10.7 Å². The molecule has 0 aliphatic carbocycles. The summed E-state index contributed by atoms with van der Waals surface area (Å²) in [6.07, 6.45) is 0.0789. The average Bonchev–Trinajstić information content (AvgIpc) is 2.90. The summed E-state index contributed by atoms with van der Waals surface area (Å²) in [5.41, 5.74) is 0.453. The van der Waals surface area contributed by atoms with Crippen LogP contribution < -0.4 is 10.1 Å². The molecule has 0 fully saturated rings. The Morgan fingerprint density at radius 2 is 1.95 bits per heavy atom. The van der Waals surface area contributed by atoms with Gasteiger partial charge < -0.3 is 15.2 Å². The van der Waals surface area contributed by atoms with E-state index >= 15 is 0 Å². The maximum atomic E-state index is 11.9. The van der Waals surface area contributed by atoms with E-state index in [0.29, 0.717) is 11.4 Å². The minimum Gasteiger partial charge on any atom is -0.491 e. The van der Waals surface area contributed by atoms with E-state index in [4.69, 9.17) is 9.84 Å². The molecule has 0 saturated heterocycles. The van der Waals surface area contributed by atoms with E-state index in [0.717, 1.165) is 11.3 Å². The number of aromatic nitrogens is 1. The molecule has 0 aliphatic heterocycles. The number of nitrogens with zero attached hydrogens (tertiary/aromatic N) is 1. The zero-order valence-corrected chi connectivity index (χ0v) is 12.3. The molecule has 0 atom stereocenters. The molecule has 1 aromatic carbocycles. The van der Waals surface area contributed by atoms with Gasteiger partial charge in [0, 0.05) is 11.1 Å². The molecule has 6 nitrogen and oxygen atoms in total. The van der Waals surface area contributed by atoms with Gasteiger partial charge >= 0.3 is 5.97 Å². The summed E-state index contributed by atoms with van der Waals surface area (Å²) in [6, 6.07) is 6.92. The smallest absolute Gasteiger partial charge is 0.355 e. The molecular weight excluding hydrogens is 292 g/mol. The van der Waals surface area contributed by atoms with Crippen LogP contribution in [0.1, 0.15) is 34.1 Å². The van der Waals surface area contributed by atoms with Crippen LogP contribution in [0.4, 0.5) is 5.69 Å². The van der Waals surface area contributed by atoms with Crippen molar-refractivity contribution in [1.82, 2.24) is 4.98 Å². The van der Waals surface area contributed by atoms with Crippen LogP contribution in [-0.4, -0.2) is 28.1 Å². The molecule has 7 heteroatoms. The van der Waals surface area contributed by atoms with E-state index in [-0.39, 0.29) is 16.8 Å². The van der Waals surface area contributed by atoms with Gasteiger partial charge in [-0.25, -0.2) is 9.78 Å². The van der Waals surface area contributed by atoms with Gasteiger partial charge in [0.2, 0.25) is 0 Å². The fourth-order valence-electron chi connectivity index (χ4n) is 1.55. The van der Waals surface area contributed by atoms with Crippen molar-refractivity contribution < 1.29 is 19.4 Å². The highest BCUT2D eigenvalue weighted by molar-refractivity contribution is 7.12. The first-order valence-electron chi connectivity index (χ1n) is 6.22. The number of amides is 1. The van der Waals surface area contributed by atoms with Crippen molar-refractivity contribution in [2.75, 3.05) is 5.32 Å². The van der Waals surface area contributed by atoms with Crippen LogP contribution in [0, 0.1) is 0 Å². The SMILES string of the molecule is CC(C)Oc1ccc(NC(=O)c2nc(C(=O)O)cs2)cc1. The lowest BCUT2D eigenvalue weighted by molar-refractivity contribution is 0.0691. The quantitative estimate of drug-likeness (QED) is 0.886. The highest BCUT2D eigenvalue weighted by Gasteiger charge is 2.14. The summed E-state index contributed by atoms with van der Waals surface area (Å²) >= 11 is 0.988. The molecule has 21 heavy (non-hydrogen) atoms. The first-order chi connectivity index (χ1) is 9.95. The molecule has 0 spiro atoms. The molecule has 0 unspecified atom stereocenters. The Morgan fingerprint density at radius 3 is 2.48 bits per heavy atom. The molecule has 2 N–H and O–H groups in total. The molecule has 1 heterocycles. The second-order valence-corrected chi connectivity index (χ2v) is 5.35. The number of anilines is 1. The predicted octanol–water partition coefficient (Wildman–Crippen LogP) is 2.88. The zero-order valence-electron chi connectivity index (χ0n) is 11.5. The normalized spacial score (nSPS) is 10.4. The van der Waals surface area contributed by atoms with Crippen molar-refractivity contribution in [3.63, 3.8) is 0 Å². The molecule has 1 aromatic heterocycles. The molecule has 2 rings (SSSR count).